The number of nitrogens with zero attached hydrogens (tertiary/aromatic N) is 3. The molecule has 1 aliphatic rings. The number of halogens is 1. The smallest absolute Gasteiger partial charge is 0.224 e. The molecule has 1 aliphatic carbocycles. The van der Waals surface area contributed by atoms with Crippen LogP contribution in [0.3, 0.4) is 0 Å². The Kier molecular flexibility index (Phi) is 3.62. The fourth-order valence-electron chi connectivity index (χ4n) is 3.11. The molecule has 2 aromatic rings. The van der Waals surface area contributed by atoms with E-state index in [1.807, 2.05) is 25.2 Å². The Bertz CT molecular complexity index is 653. The van der Waals surface area contributed by atoms with Gasteiger partial charge in [-0.05, 0) is 43.0 Å². The maximum atomic E-state index is 6.19. The van der Waals surface area contributed by atoms with Crippen LogP contribution in [-0.2, 0) is 11.8 Å². The molecule has 0 N–H and O–H groups in total. The van der Waals surface area contributed by atoms with Gasteiger partial charge in [-0.1, -0.05) is 32.0 Å². The van der Waals surface area contributed by atoms with E-state index in [9.17, 15) is 0 Å². The van der Waals surface area contributed by atoms with Crippen LogP contribution in [0.5, 0.6) is 0 Å². The number of rotatable bonds is 2. The van der Waals surface area contributed by atoms with E-state index in [0.717, 1.165) is 30.0 Å². The zero-order valence-electron chi connectivity index (χ0n) is 12.7. The van der Waals surface area contributed by atoms with Gasteiger partial charge in [0.2, 0.25) is 5.28 Å². The molecule has 3 nitrogen and oxygen atoms in total. The lowest BCUT2D eigenvalue weighted by atomic mass is 9.76. The van der Waals surface area contributed by atoms with Crippen molar-refractivity contribution in [1.29, 1.82) is 0 Å². The number of hydrogen-bond donors (Lipinski definition) is 0. The van der Waals surface area contributed by atoms with Crippen LogP contribution in [0.1, 0.15) is 37.9 Å². The minimum absolute atomic E-state index is 0.0619. The molecule has 21 heavy (non-hydrogen) atoms. The number of hydrogen-bond acceptors (Lipinski definition) is 3. The Morgan fingerprint density at radius 3 is 2.57 bits per heavy atom. The highest BCUT2D eigenvalue weighted by atomic mass is 35.5. The highest BCUT2D eigenvalue weighted by Crippen LogP contribution is 2.40. The van der Waals surface area contributed by atoms with Gasteiger partial charge in [-0.3, -0.25) is 0 Å². The summed E-state index contributed by atoms with van der Waals surface area (Å²) in [7, 11) is 2.04. The van der Waals surface area contributed by atoms with E-state index in [1.165, 1.54) is 12.0 Å². The lowest BCUT2D eigenvalue weighted by Gasteiger charge is -2.33. The molecule has 1 heterocycles. The van der Waals surface area contributed by atoms with Crippen LogP contribution in [0.4, 0.5) is 11.5 Å². The van der Waals surface area contributed by atoms with E-state index in [4.69, 9.17) is 11.6 Å². The van der Waals surface area contributed by atoms with Gasteiger partial charge in [-0.25, -0.2) is 4.98 Å². The molecule has 0 atom stereocenters. The summed E-state index contributed by atoms with van der Waals surface area (Å²) >= 11 is 6.19. The predicted molar refractivity (Wildman–Crippen MR) is 87.5 cm³/mol. The molecule has 0 saturated carbocycles. The first-order chi connectivity index (χ1) is 9.99. The van der Waals surface area contributed by atoms with Gasteiger partial charge in [0, 0.05) is 23.7 Å². The molecule has 0 unspecified atom stereocenters. The Balaban J connectivity index is 2.13. The third-order valence-electron chi connectivity index (χ3n) is 4.29. The first-order valence-corrected chi connectivity index (χ1v) is 7.72. The summed E-state index contributed by atoms with van der Waals surface area (Å²) in [6.45, 7) is 4.47. The van der Waals surface area contributed by atoms with Crippen molar-refractivity contribution in [3.63, 3.8) is 0 Å². The standard InChI is InChI=1S/C17H20ClN3/c1-17(2)11-7-10-13-14(17)19-16(18)20-15(13)21(3)12-8-5-4-6-9-12/h4-6,8-9H,7,10-11H2,1-3H3. The maximum absolute atomic E-state index is 6.19. The largest absolute Gasteiger partial charge is 0.329 e. The fraction of sp³-hybridized carbons (Fsp3) is 0.412. The second-order valence-corrected chi connectivity index (χ2v) is 6.61. The molecule has 1 aromatic carbocycles. The molecule has 3 rings (SSSR count). The van der Waals surface area contributed by atoms with E-state index < -0.39 is 0 Å². The van der Waals surface area contributed by atoms with Crippen molar-refractivity contribution in [1.82, 2.24) is 9.97 Å². The molecule has 1 aromatic heterocycles. The molecule has 0 amide bonds. The summed E-state index contributed by atoms with van der Waals surface area (Å²) in [5.74, 6) is 0.934. The van der Waals surface area contributed by atoms with Crippen molar-refractivity contribution in [2.75, 3.05) is 11.9 Å². The average Bonchev–Trinajstić information content (AvgIpc) is 2.47. The van der Waals surface area contributed by atoms with Gasteiger partial charge in [0.1, 0.15) is 5.82 Å². The monoisotopic (exact) mass is 301 g/mol. The van der Waals surface area contributed by atoms with Gasteiger partial charge in [0.15, 0.2) is 0 Å². The highest BCUT2D eigenvalue weighted by Gasteiger charge is 2.32. The third-order valence-corrected chi connectivity index (χ3v) is 4.46. The van der Waals surface area contributed by atoms with Crippen LogP contribution < -0.4 is 4.90 Å². The molecule has 110 valence electrons. The van der Waals surface area contributed by atoms with Gasteiger partial charge in [0.05, 0.1) is 5.69 Å². The van der Waals surface area contributed by atoms with Gasteiger partial charge in [-0.15, -0.1) is 0 Å². The van der Waals surface area contributed by atoms with E-state index in [-0.39, 0.29) is 5.41 Å². The molecule has 4 heteroatoms. The molecule has 0 fully saturated rings. The summed E-state index contributed by atoms with van der Waals surface area (Å²) in [5, 5.41) is 0.335. The first kappa shape index (κ1) is 14.3. The van der Waals surface area contributed by atoms with Crippen molar-refractivity contribution in [2.24, 2.45) is 0 Å². The molecular weight excluding hydrogens is 282 g/mol. The second kappa shape index (κ2) is 5.30. The van der Waals surface area contributed by atoms with Crippen LogP contribution in [-0.4, -0.2) is 17.0 Å². The minimum atomic E-state index is 0.0619. The van der Waals surface area contributed by atoms with Crippen LogP contribution in [0.15, 0.2) is 30.3 Å². The Morgan fingerprint density at radius 1 is 1.14 bits per heavy atom. The zero-order valence-corrected chi connectivity index (χ0v) is 13.5. The SMILES string of the molecule is CN(c1ccccc1)c1nc(Cl)nc2c1CCCC2(C)C. The summed E-state index contributed by atoms with van der Waals surface area (Å²) < 4.78 is 0. The highest BCUT2D eigenvalue weighted by molar-refractivity contribution is 6.28. The minimum Gasteiger partial charge on any atom is -0.329 e. The van der Waals surface area contributed by atoms with Crippen molar-refractivity contribution >= 4 is 23.1 Å². The number of aromatic nitrogens is 2. The van der Waals surface area contributed by atoms with E-state index in [2.05, 4.69) is 40.8 Å². The van der Waals surface area contributed by atoms with E-state index >= 15 is 0 Å². The average molecular weight is 302 g/mol. The van der Waals surface area contributed by atoms with Gasteiger partial charge in [-0.2, -0.15) is 4.98 Å². The number of para-hydroxylation sites is 1. The molecule has 0 aliphatic heterocycles. The summed E-state index contributed by atoms with van der Waals surface area (Å²) in [5.41, 5.74) is 3.51. The van der Waals surface area contributed by atoms with Crippen molar-refractivity contribution < 1.29 is 0 Å². The Morgan fingerprint density at radius 2 is 1.86 bits per heavy atom. The quantitative estimate of drug-likeness (QED) is 0.764. The summed E-state index contributed by atoms with van der Waals surface area (Å²) in [6, 6.07) is 10.2. The summed E-state index contributed by atoms with van der Waals surface area (Å²) in [4.78, 5) is 11.1. The lowest BCUT2D eigenvalue weighted by Crippen LogP contribution is -2.28. The normalized spacial score (nSPS) is 16.4. The van der Waals surface area contributed by atoms with Gasteiger partial charge in [0.25, 0.3) is 0 Å². The molecule has 0 radical (unpaired) electrons. The lowest BCUT2D eigenvalue weighted by molar-refractivity contribution is 0.417. The number of anilines is 2. The van der Waals surface area contributed by atoms with Crippen molar-refractivity contribution in [2.45, 2.75) is 38.5 Å². The second-order valence-electron chi connectivity index (χ2n) is 6.28. The van der Waals surface area contributed by atoms with Crippen LogP contribution in [0, 0.1) is 0 Å². The molecule has 0 saturated heterocycles. The molecular formula is C17H20ClN3. The van der Waals surface area contributed by atoms with E-state index in [0.29, 0.717) is 5.28 Å². The Hall–Kier alpha value is -1.61. The first-order valence-electron chi connectivity index (χ1n) is 7.35. The van der Waals surface area contributed by atoms with Crippen LogP contribution in [0.25, 0.3) is 0 Å². The topological polar surface area (TPSA) is 29.0 Å². The predicted octanol–water partition coefficient (Wildman–Crippen LogP) is 4.51. The molecule has 0 bridgehead atoms. The van der Waals surface area contributed by atoms with E-state index in [1.54, 1.807) is 0 Å². The van der Waals surface area contributed by atoms with Gasteiger partial charge >= 0.3 is 0 Å². The van der Waals surface area contributed by atoms with Crippen molar-refractivity contribution in [3.05, 3.63) is 46.9 Å². The third kappa shape index (κ3) is 2.62. The van der Waals surface area contributed by atoms with Crippen molar-refractivity contribution in [3.8, 4) is 0 Å². The Labute approximate surface area is 131 Å². The fourth-order valence-corrected chi connectivity index (χ4v) is 3.28. The molecule has 0 spiro atoms. The summed E-state index contributed by atoms with van der Waals surface area (Å²) in [6.07, 6.45) is 3.32. The number of benzene rings is 1. The zero-order chi connectivity index (χ0) is 15.0. The number of fused-ring (bicyclic) bond motifs is 1. The maximum Gasteiger partial charge on any atom is 0.224 e. The van der Waals surface area contributed by atoms with Gasteiger partial charge < -0.3 is 4.90 Å². The van der Waals surface area contributed by atoms with Crippen LogP contribution >= 0.6 is 11.6 Å². The van der Waals surface area contributed by atoms with Crippen LogP contribution in [0.2, 0.25) is 5.28 Å².